The number of hydrogen-bond donors (Lipinski definition) is 1. The Kier molecular flexibility index (Phi) is 5.19. The zero-order valence-electron chi connectivity index (χ0n) is 12.6. The first kappa shape index (κ1) is 16.9. The summed E-state index contributed by atoms with van der Waals surface area (Å²) in [5.41, 5.74) is 6.96. The number of rotatable bonds is 4. The van der Waals surface area contributed by atoms with Crippen LogP contribution in [-0.2, 0) is 12.0 Å². The Balaban J connectivity index is 0.00000176. The lowest BCUT2D eigenvalue weighted by Crippen LogP contribution is -2.34. The van der Waals surface area contributed by atoms with Crippen molar-refractivity contribution in [2.24, 2.45) is 5.73 Å². The molecule has 2 aromatic rings. The van der Waals surface area contributed by atoms with Crippen molar-refractivity contribution in [2.45, 2.75) is 50.5 Å². The van der Waals surface area contributed by atoms with Crippen LogP contribution in [0.2, 0.25) is 0 Å². The van der Waals surface area contributed by atoms with Gasteiger partial charge in [-0.2, -0.15) is 4.98 Å². The van der Waals surface area contributed by atoms with Gasteiger partial charge in [-0.15, -0.1) is 12.4 Å². The third-order valence-electron chi connectivity index (χ3n) is 4.33. The standard InChI is InChI=1S/C16H20FN3O.ClH/c1-11(12-4-6-13(17)7-5-12)10-14-19-15(20-21-14)16(18)8-2-3-9-16;/h4-7,11H,2-3,8-10,18H2,1H3;1H. The van der Waals surface area contributed by atoms with Crippen LogP contribution in [0.15, 0.2) is 28.8 Å². The SMILES string of the molecule is CC(Cc1nc(C2(N)CCCC2)no1)c1ccc(F)cc1.Cl. The van der Waals surface area contributed by atoms with Crippen molar-refractivity contribution in [3.63, 3.8) is 0 Å². The largest absolute Gasteiger partial charge is 0.339 e. The van der Waals surface area contributed by atoms with Crippen molar-refractivity contribution in [2.75, 3.05) is 0 Å². The van der Waals surface area contributed by atoms with Crippen molar-refractivity contribution >= 4 is 12.4 Å². The van der Waals surface area contributed by atoms with Crippen LogP contribution < -0.4 is 5.73 Å². The van der Waals surface area contributed by atoms with E-state index in [1.165, 1.54) is 12.1 Å². The van der Waals surface area contributed by atoms with E-state index in [0.717, 1.165) is 31.2 Å². The zero-order valence-corrected chi connectivity index (χ0v) is 13.4. The fraction of sp³-hybridized carbons (Fsp3) is 0.500. The molecule has 1 aliphatic carbocycles. The fourth-order valence-corrected chi connectivity index (χ4v) is 2.94. The molecular formula is C16H21ClFN3O. The molecule has 0 amide bonds. The van der Waals surface area contributed by atoms with E-state index in [2.05, 4.69) is 17.1 Å². The highest BCUT2D eigenvalue weighted by Crippen LogP contribution is 2.34. The zero-order chi connectivity index (χ0) is 14.9. The van der Waals surface area contributed by atoms with Crippen molar-refractivity contribution in [1.29, 1.82) is 0 Å². The first-order chi connectivity index (χ1) is 10.1. The van der Waals surface area contributed by atoms with Crippen molar-refractivity contribution in [1.82, 2.24) is 10.1 Å². The number of nitrogens with two attached hydrogens (primary N) is 1. The molecule has 1 unspecified atom stereocenters. The molecule has 0 radical (unpaired) electrons. The third kappa shape index (κ3) is 3.47. The highest BCUT2D eigenvalue weighted by molar-refractivity contribution is 5.85. The average molecular weight is 326 g/mol. The van der Waals surface area contributed by atoms with Gasteiger partial charge in [0, 0.05) is 6.42 Å². The smallest absolute Gasteiger partial charge is 0.227 e. The monoisotopic (exact) mass is 325 g/mol. The minimum atomic E-state index is -0.416. The first-order valence-corrected chi connectivity index (χ1v) is 7.44. The van der Waals surface area contributed by atoms with E-state index in [1.807, 2.05) is 0 Å². The second-order valence-electron chi connectivity index (χ2n) is 6.03. The second-order valence-corrected chi connectivity index (χ2v) is 6.03. The summed E-state index contributed by atoms with van der Waals surface area (Å²) in [6.07, 6.45) is 4.70. The van der Waals surface area contributed by atoms with Gasteiger partial charge >= 0.3 is 0 Å². The van der Waals surface area contributed by atoms with Crippen molar-refractivity contribution < 1.29 is 8.91 Å². The number of halogens is 2. The summed E-state index contributed by atoms with van der Waals surface area (Å²) in [6, 6.07) is 6.52. The van der Waals surface area contributed by atoms with E-state index in [-0.39, 0.29) is 24.1 Å². The minimum Gasteiger partial charge on any atom is -0.339 e. The van der Waals surface area contributed by atoms with Crippen LogP contribution in [0, 0.1) is 5.82 Å². The fourth-order valence-electron chi connectivity index (χ4n) is 2.94. The summed E-state index contributed by atoms with van der Waals surface area (Å²) in [7, 11) is 0. The van der Waals surface area contributed by atoms with Gasteiger partial charge in [-0.25, -0.2) is 4.39 Å². The van der Waals surface area contributed by atoms with Gasteiger partial charge in [-0.3, -0.25) is 0 Å². The van der Waals surface area contributed by atoms with Gasteiger partial charge in [-0.1, -0.05) is 37.1 Å². The Hall–Kier alpha value is -1.46. The van der Waals surface area contributed by atoms with E-state index in [9.17, 15) is 4.39 Å². The molecule has 1 aromatic carbocycles. The molecule has 1 saturated carbocycles. The van der Waals surface area contributed by atoms with Crippen LogP contribution >= 0.6 is 12.4 Å². The lowest BCUT2D eigenvalue weighted by molar-refractivity contribution is 0.345. The van der Waals surface area contributed by atoms with Gasteiger partial charge in [0.15, 0.2) is 5.82 Å². The predicted molar refractivity (Wildman–Crippen MR) is 84.4 cm³/mol. The van der Waals surface area contributed by atoms with E-state index in [1.54, 1.807) is 12.1 Å². The first-order valence-electron chi connectivity index (χ1n) is 7.44. The average Bonchev–Trinajstić information content (AvgIpc) is 3.10. The minimum absolute atomic E-state index is 0. The molecule has 2 N–H and O–H groups in total. The van der Waals surface area contributed by atoms with Crippen LogP contribution in [0.3, 0.4) is 0 Å². The molecule has 1 atom stereocenters. The van der Waals surface area contributed by atoms with Crippen molar-refractivity contribution in [3.8, 4) is 0 Å². The lowest BCUT2D eigenvalue weighted by atomic mass is 9.97. The van der Waals surface area contributed by atoms with Crippen LogP contribution in [0.25, 0.3) is 0 Å². The van der Waals surface area contributed by atoms with E-state index < -0.39 is 5.54 Å². The van der Waals surface area contributed by atoms with Crippen LogP contribution in [-0.4, -0.2) is 10.1 Å². The summed E-state index contributed by atoms with van der Waals surface area (Å²) in [5, 5.41) is 4.06. The van der Waals surface area contributed by atoms with Gasteiger partial charge in [0.05, 0.1) is 5.54 Å². The summed E-state index contributed by atoms with van der Waals surface area (Å²) in [4.78, 5) is 4.47. The second kappa shape index (κ2) is 6.75. The summed E-state index contributed by atoms with van der Waals surface area (Å²) in [6.45, 7) is 2.06. The molecule has 4 nitrogen and oxygen atoms in total. The Bertz CT molecular complexity index is 608. The molecule has 22 heavy (non-hydrogen) atoms. The van der Waals surface area contributed by atoms with Crippen LogP contribution in [0.4, 0.5) is 4.39 Å². The van der Waals surface area contributed by atoms with E-state index >= 15 is 0 Å². The maximum absolute atomic E-state index is 12.9. The highest BCUT2D eigenvalue weighted by atomic mass is 35.5. The predicted octanol–water partition coefficient (Wildman–Crippen LogP) is 3.70. The van der Waals surface area contributed by atoms with Gasteiger partial charge in [0.1, 0.15) is 5.82 Å². The van der Waals surface area contributed by atoms with Gasteiger partial charge in [-0.05, 0) is 36.5 Å². The number of benzene rings is 1. The normalized spacial score (nSPS) is 18.0. The molecule has 0 bridgehead atoms. The van der Waals surface area contributed by atoms with Crippen LogP contribution in [0.1, 0.15) is 55.8 Å². The molecule has 0 aliphatic heterocycles. The van der Waals surface area contributed by atoms with Gasteiger partial charge in [0.2, 0.25) is 5.89 Å². The van der Waals surface area contributed by atoms with Gasteiger partial charge < -0.3 is 10.3 Å². The maximum atomic E-state index is 12.9. The molecule has 1 fully saturated rings. The molecule has 1 heterocycles. The van der Waals surface area contributed by atoms with Crippen molar-refractivity contribution in [3.05, 3.63) is 47.4 Å². The molecular weight excluding hydrogens is 305 g/mol. The molecule has 0 saturated heterocycles. The lowest BCUT2D eigenvalue weighted by Gasteiger charge is -2.17. The number of hydrogen-bond acceptors (Lipinski definition) is 4. The summed E-state index contributed by atoms with van der Waals surface area (Å²) < 4.78 is 18.3. The topological polar surface area (TPSA) is 64.9 Å². The van der Waals surface area contributed by atoms with Crippen LogP contribution in [0.5, 0.6) is 0 Å². The Labute approximate surface area is 135 Å². The molecule has 1 aliphatic rings. The molecule has 3 rings (SSSR count). The molecule has 120 valence electrons. The molecule has 1 aromatic heterocycles. The quantitative estimate of drug-likeness (QED) is 0.930. The maximum Gasteiger partial charge on any atom is 0.227 e. The van der Waals surface area contributed by atoms with E-state index in [0.29, 0.717) is 18.1 Å². The number of aromatic nitrogens is 2. The Morgan fingerprint density at radius 3 is 2.55 bits per heavy atom. The van der Waals surface area contributed by atoms with E-state index in [4.69, 9.17) is 10.3 Å². The molecule has 6 heteroatoms. The summed E-state index contributed by atoms with van der Waals surface area (Å²) >= 11 is 0. The Morgan fingerprint density at radius 1 is 1.27 bits per heavy atom. The Morgan fingerprint density at radius 2 is 1.91 bits per heavy atom. The van der Waals surface area contributed by atoms with Gasteiger partial charge in [0.25, 0.3) is 0 Å². The summed E-state index contributed by atoms with van der Waals surface area (Å²) in [5.74, 6) is 1.19. The molecule has 0 spiro atoms. The third-order valence-corrected chi connectivity index (χ3v) is 4.33. The number of nitrogens with zero attached hydrogens (tertiary/aromatic N) is 2. The highest BCUT2D eigenvalue weighted by Gasteiger charge is 2.36.